The van der Waals surface area contributed by atoms with E-state index >= 15 is 0 Å². The second kappa shape index (κ2) is 11.7. The topological polar surface area (TPSA) is 123 Å². The highest BCUT2D eigenvalue weighted by molar-refractivity contribution is 7.89. The molecule has 1 fully saturated rings. The number of amides is 1. The van der Waals surface area contributed by atoms with Crippen LogP contribution in [-0.2, 0) is 21.4 Å². The molecule has 0 radical (unpaired) electrons. The van der Waals surface area contributed by atoms with Crippen LogP contribution in [0.25, 0.3) is 10.2 Å². The number of aromatic nitrogens is 2. The molecule has 0 unspecified atom stereocenters. The van der Waals surface area contributed by atoms with Crippen molar-refractivity contribution in [1.82, 2.24) is 13.9 Å². The number of sulfonamides is 1. The largest absolute Gasteiger partial charge is 0.495 e. The van der Waals surface area contributed by atoms with Gasteiger partial charge in [0.1, 0.15) is 27.8 Å². The predicted octanol–water partition coefficient (Wildman–Crippen LogP) is 3.59. The van der Waals surface area contributed by atoms with Crippen LogP contribution in [0.3, 0.4) is 0 Å². The van der Waals surface area contributed by atoms with Crippen molar-refractivity contribution < 1.29 is 22.7 Å². The molecule has 1 aliphatic heterocycles. The minimum absolute atomic E-state index is 0.0182. The van der Waals surface area contributed by atoms with E-state index in [2.05, 4.69) is 15.2 Å². The first kappa shape index (κ1) is 28.9. The molecule has 1 N–H and O–H groups in total. The molecule has 5 rings (SSSR count). The maximum atomic E-state index is 13.9. The van der Waals surface area contributed by atoms with Crippen LogP contribution < -0.4 is 25.2 Å². The Morgan fingerprint density at radius 1 is 1.07 bits per heavy atom. The average Bonchev–Trinajstić information content (AvgIpc) is 3.32. The molecule has 2 aromatic carbocycles. The molecule has 3 heterocycles. The number of halogens is 1. The smallest absolute Gasteiger partial charge is 0.263 e. The van der Waals surface area contributed by atoms with Crippen LogP contribution in [0.1, 0.15) is 4.88 Å². The van der Waals surface area contributed by atoms with Gasteiger partial charge in [0, 0.05) is 36.1 Å². The third-order valence-electron chi connectivity index (χ3n) is 6.81. The van der Waals surface area contributed by atoms with E-state index in [1.54, 1.807) is 26.2 Å². The summed E-state index contributed by atoms with van der Waals surface area (Å²) < 4.78 is 41.0. The number of ether oxygens (including phenoxy) is 2. The van der Waals surface area contributed by atoms with Crippen molar-refractivity contribution in [3.63, 3.8) is 0 Å². The number of methoxy groups -OCH3 is 2. The zero-order chi connectivity index (χ0) is 29.3. The lowest BCUT2D eigenvalue weighted by Crippen LogP contribution is -2.49. The van der Waals surface area contributed by atoms with Crippen molar-refractivity contribution in [2.75, 3.05) is 50.6 Å². The Kier molecular flexibility index (Phi) is 8.23. The second-order valence-electron chi connectivity index (χ2n) is 9.30. The van der Waals surface area contributed by atoms with Crippen LogP contribution in [0.5, 0.6) is 11.5 Å². The average molecular weight is 618 g/mol. The van der Waals surface area contributed by atoms with E-state index in [9.17, 15) is 18.0 Å². The van der Waals surface area contributed by atoms with Gasteiger partial charge in [-0.05, 0) is 37.3 Å². The number of nitrogens with one attached hydrogen (secondary N) is 1. The number of para-hydroxylation sites is 2. The Hall–Kier alpha value is -3.65. The monoisotopic (exact) mass is 617 g/mol. The fourth-order valence-corrected chi connectivity index (χ4v) is 8.11. The number of rotatable bonds is 8. The minimum atomic E-state index is -4.03. The van der Waals surface area contributed by atoms with Crippen LogP contribution in [-0.4, -0.2) is 68.6 Å². The van der Waals surface area contributed by atoms with Crippen LogP contribution in [0.2, 0.25) is 5.02 Å². The number of fused-ring (bicyclic) bond motifs is 1. The fourth-order valence-electron chi connectivity index (χ4n) is 4.85. The van der Waals surface area contributed by atoms with Crippen molar-refractivity contribution in [2.45, 2.75) is 18.4 Å². The van der Waals surface area contributed by atoms with Gasteiger partial charge in [0.25, 0.3) is 5.56 Å². The predicted molar refractivity (Wildman–Crippen MR) is 159 cm³/mol. The normalized spacial score (nSPS) is 14.3. The molecule has 2 aromatic heterocycles. The Morgan fingerprint density at radius 2 is 1.78 bits per heavy atom. The van der Waals surface area contributed by atoms with Gasteiger partial charge in [-0.1, -0.05) is 23.7 Å². The highest BCUT2D eigenvalue weighted by atomic mass is 35.5. The van der Waals surface area contributed by atoms with Gasteiger partial charge in [-0.3, -0.25) is 14.2 Å². The molecule has 11 nitrogen and oxygen atoms in total. The molecule has 0 spiro atoms. The molecular weight excluding hydrogens is 590 g/mol. The van der Waals surface area contributed by atoms with E-state index < -0.39 is 21.5 Å². The molecule has 0 saturated carbocycles. The second-order valence-corrected chi connectivity index (χ2v) is 12.8. The number of nitrogens with zero attached hydrogens (tertiary/aromatic N) is 4. The third kappa shape index (κ3) is 5.62. The van der Waals surface area contributed by atoms with Crippen molar-refractivity contribution in [3.05, 3.63) is 69.0 Å². The summed E-state index contributed by atoms with van der Waals surface area (Å²) in [5.74, 6) is 0.585. The molecular formula is C27H28ClN5O6S2. The lowest BCUT2D eigenvalue weighted by atomic mass is 10.2. The number of hydrogen-bond acceptors (Lipinski definition) is 9. The van der Waals surface area contributed by atoms with Crippen molar-refractivity contribution in [1.29, 1.82) is 0 Å². The Morgan fingerprint density at radius 3 is 2.49 bits per heavy atom. The van der Waals surface area contributed by atoms with Crippen LogP contribution in [0, 0.1) is 6.92 Å². The standard InChI is InChI=1S/C27H28ClN5O6S2/c1-17-25(41(36,37)33-12-10-31(11-13-33)20-6-4-5-7-22(20)39-3)24-26(40-17)29-16-32(27(24)35)15-23(34)30-19-14-18(28)8-9-21(19)38-2/h4-9,14,16H,10-13,15H2,1-3H3,(H,30,34). The van der Waals surface area contributed by atoms with E-state index in [4.69, 9.17) is 21.1 Å². The van der Waals surface area contributed by atoms with Gasteiger partial charge in [0.15, 0.2) is 0 Å². The summed E-state index contributed by atoms with van der Waals surface area (Å²) in [6.07, 6.45) is 1.25. The van der Waals surface area contributed by atoms with Gasteiger partial charge in [-0.25, -0.2) is 13.4 Å². The van der Waals surface area contributed by atoms with Crippen molar-refractivity contribution >= 4 is 60.5 Å². The molecule has 0 aliphatic carbocycles. The van der Waals surface area contributed by atoms with Crippen molar-refractivity contribution in [2.24, 2.45) is 0 Å². The number of anilines is 2. The maximum absolute atomic E-state index is 13.9. The highest BCUT2D eigenvalue weighted by Crippen LogP contribution is 2.34. The number of carbonyl (C=O) groups excluding carboxylic acids is 1. The lowest BCUT2D eigenvalue weighted by Gasteiger charge is -2.35. The van der Waals surface area contributed by atoms with Gasteiger partial charge in [-0.2, -0.15) is 4.31 Å². The summed E-state index contributed by atoms with van der Waals surface area (Å²) in [5.41, 5.74) is 0.623. The minimum Gasteiger partial charge on any atom is -0.495 e. The quantitative estimate of drug-likeness (QED) is 0.318. The molecule has 0 atom stereocenters. The molecule has 1 saturated heterocycles. The van der Waals surface area contributed by atoms with E-state index in [0.717, 1.165) is 21.6 Å². The molecule has 216 valence electrons. The van der Waals surface area contributed by atoms with Gasteiger partial charge < -0.3 is 19.7 Å². The summed E-state index contributed by atoms with van der Waals surface area (Å²) in [6, 6.07) is 12.4. The Labute approximate surface area is 245 Å². The number of hydrogen-bond donors (Lipinski definition) is 1. The van der Waals surface area contributed by atoms with Gasteiger partial charge in [0.2, 0.25) is 15.9 Å². The van der Waals surface area contributed by atoms with Crippen LogP contribution >= 0.6 is 22.9 Å². The lowest BCUT2D eigenvalue weighted by molar-refractivity contribution is -0.116. The fraction of sp³-hybridized carbons (Fsp3) is 0.296. The van der Waals surface area contributed by atoms with E-state index in [-0.39, 0.29) is 29.9 Å². The first-order valence-electron chi connectivity index (χ1n) is 12.6. The summed E-state index contributed by atoms with van der Waals surface area (Å²) in [4.78, 5) is 33.5. The number of piperazine rings is 1. The van der Waals surface area contributed by atoms with E-state index in [0.29, 0.717) is 45.0 Å². The van der Waals surface area contributed by atoms with E-state index in [1.807, 2.05) is 24.3 Å². The van der Waals surface area contributed by atoms with Crippen LogP contribution in [0.15, 0.2) is 58.5 Å². The van der Waals surface area contributed by atoms with Gasteiger partial charge in [0.05, 0.1) is 37.3 Å². The van der Waals surface area contributed by atoms with Crippen LogP contribution in [0.4, 0.5) is 11.4 Å². The highest BCUT2D eigenvalue weighted by Gasteiger charge is 2.34. The van der Waals surface area contributed by atoms with Crippen molar-refractivity contribution in [3.8, 4) is 11.5 Å². The molecule has 4 aromatic rings. The first-order valence-corrected chi connectivity index (χ1v) is 15.3. The molecule has 14 heteroatoms. The molecule has 1 aliphatic rings. The Balaban J connectivity index is 1.40. The first-order chi connectivity index (χ1) is 19.6. The zero-order valence-electron chi connectivity index (χ0n) is 22.6. The summed E-state index contributed by atoms with van der Waals surface area (Å²) in [6.45, 7) is 2.65. The third-order valence-corrected chi connectivity index (χ3v) is 10.3. The summed E-state index contributed by atoms with van der Waals surface area (Å²) in [7, 11) is -0.968. The SMILES string of the molecule is COc1ccc(Cl)cc1NC(=O)Cn1cnc2sc(C)c(S(=O)(=O)N3CCN(c4ccccc4OC)CC3)c2c1=O. The molecule has 41 heavy (non-hydrogen) atoms. The number of aryl methyl sites for hydroxylation is 1. The maximum Gasteiger partial charge on any atom is 0.263 e. The number of thiophene rings is 1. The van der Waals surface area contributed by atoms with E-state index in [1.165, 1.54) is 23.8 Å². The number of benzene rings is 2. The summed E-state index contributed by atoms with van der Waals surface area (Å²) in [5, 5.41) is 3.06. The summed E-state index contributed by atoms with van der Waals surface area (Å²) >= 11 is 7.18. The van der Waals surface area contributed by atoms with Gasteiger partial charge in [-0.15, -0.1) is 11.3 Å². The molecule has 0 bridgehead atoms. The number of carbonyl (C=O) groups is 1. The van der Waals surface area contributed by atoms with Gasteiger partial charge >= 0.3 is 0 Å². The molecule has 1 amide bonds. The zero-order valence-corrected chi connectivity index (χ0v) is 25.0. The Bertz CT molecular complexity index is 1780.